The van der Waals surface area contributed by atoms with Crippen molar-refractivity contribution in [3.8, 4) is 0 Å². The van der Waals surface area contributed by atoms with Crippen molar-refractivity contribution in [3.05, 3.63) is 0 Å². The SMILES string of the molecule is CCOP(=O)(CCNCO)OCC. The van der Waals surface area contributed by atoms with Gasteiger partial charge in [0.2, 0.25) is 0 Å². The molecule has 0 spiro atoms. The van der Waals surface area contributed by atoms with Gasteiger partial charge in [-0.2, -0.15) is 0 Å². The van der Waals surface area contributed by atoms with E-state index in [2.05, 4.69) is 5.32 Å². The lowest BCUT2D eigenvalue weighted by Crippen LogP contribution is -2.20. The summed E-state index contributed by atoms with van der Waals surface area (Å²) >= 11 is 0. The van der Waals surface area contributed by atoms with E-state index in [1.807, 2.05) is 0 Å². The van der Waals surface area contributed by atoms with Gasteiger partial charge in [-0.15, -0.1) is 0 Å². The summed E-state index contributed by atoms with van der Waals surface area (Å²) in [7, 11) is -2.92. The summed E-state index contributed by atoms with van der Waals surface area (Å²) < 4.78 is 21.8. The summed E-state index contributed by atoms with van der Waals surface area (Å²) in [6.07, 6.45) is 0.287. The summed E-state index contributed by atoms with van der Waals surface area (Å²) in [5.41, 5.74) is 0. The molecular weight excluding hydrogens is 193 g/mol. The van der Waals surface area contributed by atoms with Crippen LogP contribution >= 0.6 is 7.60 Å². The third kappa shape index (κ3) is 6.18. The predicted molar refractivity (Wildman–Crippen MR) is 50.8 cm³/mol. The topological polar surface area (TPSA) is 67.8 Å². The third-order valence-electron chi connectivity index (χ3n) is 1.33. The van der Waals surface area contributed by atoms with Crippen LogP contribution in [-0.2, 0) is 13.6 Å². The van der Waals surface area contributed by atoms with Gasteiger partial charge in [-0.3, -0.25) is 9.88 Å². The molecule has 0 bridgehead atoms. The molecular formula is C7H18NO4P. The van der Waals surface area contributed by atoms with Crippen molar-refractivity contribution < 1.29 is 18.7 Å². The van der Waals surface area contributed by atoms with Gasteiger partial charge in [0.25, 0.3) is 0 Å². The Bertz CT molecular complexity index is 155. The second-order valence-corrected chi connectivity index (χ2v) is 4.51. The van der Waals surface area contributed by atoms with Gasteiger partial charge in [-0.1, -0.05) is 0 Å². The van der Waals surface area contributed by atoms with Crippen molar-refractivity contribution in [2.75, 3.05) is 32.7 Å². The number of hydrogen-bond acceptors (Lipinski definition) is 5. The molecule has 80 valence electrons. The smallest absolute Gasteiger partial charge is 0.331 e. The van der Waals surface area contributed by atoms with Crippen LogP contribution in [0.5, 0.6) is 0 Å². The highest BCUT2D eigenvalue weighted by molar-refractivity contribution is 7.53. The second-order valence-electron chi connectivity index (χ2n) is 2.33. The van der Waals surface area contributed by atoms with Gasteiger partial charge >= 0.3 is 7.60 Å². The van der Waals surface area contributed by atoms with Crippen LogP contribution in [0.2, 0.25) is 0 Å². The van der Waals surface area contributed by atoms with E-state index in [1.165, 1.54) is 0 Å². The maximum absolute atomic E-state index is 11.7. The molecule has 6 heteroatoms. The predicted octanol–water partition coefficient (Wildman–Crippen LogP) is 0.792. The molecule has 0 radical (unpaired) electrons. The molecule has 0 atom stereocenters. The van der Waals surface area contributed by atoms with Crippen molar-refractivity contribution in [2.24, 2.45) is 0 Å². The van der Waals surface area contributed by atoms with Gasteiger partial charge in [0.15, 0.2) is 0 Å². The van der Waals surface area contributed by atoms with E-state index in [-0.39, 0.29) is 12.9 Å². The molecule has 0 saturated heterocycles. The maximum atomic E-state index is 11.7. The summed E-state index contributed by atoms with van der Waals surface area (Å²) in [6, 6.07) is 0. The van der Waals surface area contributed by atoms with Crippen LogP contribution in [-0.4, -0.2) is 37.8 Å². The lowest BCUT2D eigenvalue weighted by atomic mass is 10.8. The Morgan fingerprint density at radius 2 is 1.85 bits per heavy atom. The number of aliphatic hydroxyl groups excluding tert-OH is 1. The van der Waals surface area contributed by atoms with Crippen molar-refractivity contribution >= 4 is 7.60 Å². The molecule has 0 unspecified atom stereocenters. The van der Waals surface area contributed by atoms with E-state index in [9.17, 15) is 4.57 Å². The lowest BCUT2D eigenvalue weighted by Gasteiger charge is -2.16. The van der Waals surface area contributed by atoms with Crippen LogP contribution in [0.3, 0.4) is 0 Å². The molecule has 0 aliphatic carbocycles. The average Bonchev–Trinajstić information content (AvgIpc) is 2.05. The largest absolute Gasteiger partial charge is 0.381 e. The van der Waals surface area contributed by atoms with E-state index in [1.54, 1.807) is 13.8 Å². The van der Waals surface area contributed by atoms with Gasteiger partial charge in [0.1, 0.15) is 0 Å². The molecule has 0 fully saturated rings. The highest BCUT2D eigenvalue weighted by Gasteiger charge is 2.22. The summed E-state index contributed by atoms with van der Waals surface area (Å²) in [6.45, 7) is 4.58. The van der Waals surface area contributed by atoms with Crippen LogP contribution < -0.4 is 5.32 Å². The highest BCUT2D eigenvalue weighted by atomic mass is 31.2. The zero-order chi connectivity index (χ0) is 10.2. The molecule has 0 aromatic heterocycles. The van der Waals surface area contributed by atoms with Crippen LogP contribution in [0.15, 0.2) is 0 Å². The monoisotopic (exact) mass is 211 g/mol. The fraction of sp³-hybridized carbons (Fsp3) is 1.00. The van der Waals surface area contributed by atoms with E-state index in [0.717, 1.165) is 0 Å². The van der Waals surface area contributed by atoms with E-state index in [4.69, 9.17) is 14.2 Å². The molecule has 0 aromatic rings. The minimum Gasteiger partial charge on any atom is -0.381 e. The first-order chi connectivity index (χ1) is 6.18. The van der Waals surface area contributed by atoms with Crippen molar-refractivity contribution in [1.29, 1.82) is 0 Å². The van der Waals surface area contributed by atoms with Crippen LogP contribution in [0.1, 0.15) is 13.8 Å². The summed E-state index contributed by atoms with van der Waals surface area (Å²) in [4.78, 5) is 0. The standard InChI is InChI=1S/C7H18NO4P/c1-3-11-13(10,12-4-2)6-5-8-7-9/h8-9H,3-7H2,1-2H3. The Labute approximate surface area is 79.0 Å². The number of rotatable bonds is 8. The van der Waals surface area contributed by atoms with Crippen molar-refractivity contribution in [3.63, 3.8) is 0 Å². The first-order valence-electron chi connectivity index (χ1n) is 4.38. The molecule has 13 heavy (non-hydrogen) atoms. The molecule has 0 heterocycles. The quantitative estimate of drug-likeness (QED) is 0.353. The normalized spacial score (nSPS) is 11.9. The minimum atomic E-state index is -2.92. The third-order valence-corrected chi connectivity index (χ3v) is 3.40. The van der Waals surface area contributed by atoms with Gasteiger partial charge < -0.3 is 14.2 Å². The van der Waals surface area contributed by atoms with Crippen molar-refractivity contribution in [2.45, 2.75) is 13.8 Å². The van der Waals surface area contributed by atoms with Crippen molar-refractivity contribution in [1.82, 2.24) is 5.32 Å². The Hall–Kier alpha value is 0.0700. The lowest BCUT2D eigenvalue weighted by molar-refractivity contribution is 0.217. The molecule has 2 N–H and O–H groups in total. The van der Waals surface area contributed by atoms with Gasteiger partial charge in [-0.25, -0.2) is 0 Å². The van der Waals surface area contributed by atoms with Crippen LogP contribution in [0, 0.1) is 0 Å². The second kappa shape index (κ2) is 7.47. The first kappa shape index (κ1) is 13.1. The Kier molecular flexibility index (Phi) is 7.51. The highest BCUT2D eigenvalue weighted by Crippen LogP contribution is 2.47. The molecule has 0 aliphatic rings. The molecule has 0 aliphatic heterocycles. The first-order valence-corrected chi connectivity index (χ1v) is 6.11. The Balaban J connectivity index is 3.85. The fourth-order valence-electron chi connectivity index (χ4n) is 0.855. The van der Waals surface area contributed by atoms with Crippen LogP contribution in [0.25, 0.3) is 0 Å². The number of nitrogens with one attached hydrogen (secondary N) is 1. The van der Waals surface area contributed by atoms with E-state index < -0.39 is 7.60 Å². The van der Waals surface area contributed by atoms with E-state index >= 15 is 0 Å². The average molecular weight is 211 g/mol. The zero-order valence-corrected chi connectivity index (χ0v) is 9.05. The molecule has 0 rings (SSSR count). The van der Waals surface area contributed by atoms with Crippen LogP contribution in [0.4, 0.5) is 0 Å². The molecule has 0 amide bonds. The molecule has 0 aromatic carbocycles. The maximum Gasteiger partial charge on any atom is 0.331 e. The molecule has 0 saturated carbocycles. The summed E-state index contributed by atoms with van der Waals surface area (Å²) in [5, 5.41) is 11.1. The zero-order valence-electron chi connectivity index (χ0n) is 8.15. The number of hydrogen-bond donors (Lipinski definition) is 2. The van der Waals surface area contributed by atoms with Gasteiger partial charge in [-0.05, 0) is 13.8 Å². The number of aliphatic hydroxyl groups is 1. The summed E-state index contributed by atoms with van der Waals surface area (Å²) in [5.74, 6) is 0. The Morgan fingerprint density at radius 1 is 1.31 bits per heavy atom. The van der Waals surface area contributed by atoms with Gasteiger partial charge in [0, 0.05) is 6.54 Å². The van der Waals surface area contributed by atoms with E-state index in [0.29, 0.717) is 19.8 Å². The molecule has 5 nitrogen and oxygen atoms in total. The van der Waals surface area contributed by atoms with Gasteiger partial charge in [0.05, 0.1) is 26.1 Å². The minimum absolute atomic E-state index is 0.127. The fourth-order valence-corrected chi connectivity index (χ4v) is 2.41. The Morgan fingerprint density at radius 3 is 2.23 bits per heavy atom.